The maximum Gasteiger partial charge on any atom is 0.261 e. The van der Waals surface area contributed by atoms with Gasteiger partial charge in [-0.2, -0.15) is 0 Å². The Morgan fingerprint density at radius 1 is 1.50 bits per heavy atom. The van der Waals surface area contributed by atoms with Gasteiger partial charge in [0.05, 0.1) is 13.4 Å². The average Bonchev–Trinajstić information content (AvgIpc) is 1.85. The van der Waals surface area contributed by atoms with Gasteiger partial charge in [0, 0.05) is 6.42 Å². The van der Waals surface area contributed by atoms with Gasteiger partial charge in [0.25, 0.3) is 15.9 Å². The largest absolute Gasteiger partial charge is 0.271 e. The lowest BCUT2D eigenvalue weighted by Gasteiger charge is -2.15. The molecule has 0 fully saturated rings. The zero-order chi connectivity index (χ0) is 9.78. The third-order valence-corrected chi connectivity index (χ3v) is 2.09. The molecule has 0 radical (unpaired) electrons. The number of amides is 1. The topological polar surface area (TPSA) is 63.7 Å². The number of hydrogen-bond donors (Lipinski definition) is 0. The molecule has 0 bridgehead atoms. The molecule has 72 valence electrons. The minimum atomic E-state index is -3.57. The first kappa shape index (κ1) is 11.4. The standard InChI is InChI=1S/C6H13NO4S/c1-4-5-6(8)7(11-2)12(3,9)10/h4-5H2,1-3H3. The molecular formula is C6H13NO4S. The Morgan fingerprint density at radius 3 is 2.25 bits per heavy atom. The Morgan fingerprint density at radius 2 is 2.00 bits per heavy atom. The molecule has 0 aliphatic carbocycles. The molecule has 12 heavy (non-hydrogen) atoms. The highest BCUT2D eigenvalue weighted by molar-refractivity contribution is 7.88. The van der Waals surface area contributed by atoms with E-state index < -0.39 is 15.9 Å². The Bertz CT molecular complexity index is 246. The van der Waals surface area contributed by atoms with E-state index in [-0.39, 0.29) is 6.42 Å². The SMILES string of the molecule is CCCC(=O)N(OC)S(C)(=O)=O. The molecule has 0 saturated heterocycles. The number of hydroxylamine groups is 1. The van der Waals surface area contributed by atoms with Gasteiger partial charge in [-0.25, -0.2) is 8.42 Å². The van der Waals surface area contributed by atoms with E-state index in [1.54, 1.807) is 6.92 Å². The van der Waals surface area contributed by atoms with Crippen molar-refractivity contribution in [2.24, 2.45) is 0 Å². The molecule has 0 aromatic carbocycles. The van der Waals surface area contributed by atoms with E-state index in [4.69, 9.17) is 0 Å². The minimum absolute atomic E-state index is 0.168. The lowest BCUT2D eigenvalue weighted by Crippen LogP contribution is -2.34. The van der Waals surface area contributed by atoms with Gasteiger partial charge in [-0.1, -0.05) is 6.92 Å². The van der Waals surface area contributed by atoms with E-state index >= 15 is 0 Å². The number of rotatable bonds is 4. The monoisotopic (exact) mass is 195 g/mol. The summed E-state index contributed by atoms with van der Waals surface area (Å²) < 4.78 is 22.1. The molecule has 0 heterocycles. The van der Waals surface area contributed by atoms with Gasteiger partial charge in [0.15, 0.2) is 0 Å². The third-order valence-electron chi connectivity index (χ3n) is 1.13. The molecule has 6 heteroatoms. The number of carbonyl (C=O) groups excluding carboxylic acids is 1. The highest BCUT2D eigenvalue weighted by atomic mass is 32.2. The molecule has 0 rings (SSSR count). The molecule has 0 unspecified atom stereocenters. The van der Waals surface area contributed by atoms with Crippen LogP contribution >= 0.6 is 0 Å². The van der Waals surface area contributed by atoms with Crippen molar-refractivity contribution in [1.82, 2.24) is 4.47 Å². The van der Waals surface area contributed by atoms with Crippen LogP contribution in [0.2, 0.25) is 0 Å². The third kappa shape index (κ3) is 3.19. The highest BCUT2D eigenvalue weighted by Crippen LogP contribution is 2.02. The van der Waals surface area contributed by atoms with Crippen molar-refractivity contribution in [2.75, 3.05) is 13.4 Å². The van der Waals surface area contributed by atoms with Crippen molar-refractivity contribution in [3.05, 3.63) is 0 Å². The number of sulfonamides is 1. The molecule has 0 aliphatic heterocycles. The van der Waals surface area contributed by atoms with Crippen LogP contribution in [0.15, 0.2) is 0 Å². The van der Waals surface area contributed by atoms with Gasteiger partial charge in [-0.15, -0.1) is 4.47 Å². The molecule has 0 aromatic rings. The molecule has 1 amide bonds. The smallest absolute Gasteiger partial charge is 0.261 e. The Hall–Kier alpha value is -0.620. The first-order chi connectivity index (χ1) is 5.43. The van der Waals surface area contributed by atoms with Crippen molar-refractivity contribution in [3.8, 4) is 0 Å². The second-order valence-electron chi connectivity index (χ2n) is 2.32. The van der Waals surface area contributed by atoms with Crippen LogP contribution < -0.4 is 0 Å². The Labute approximate surface area is 72.3 Å². The van der Waals surface area contributed by atoms with Crippen LogP contribution in [0, 0.1) is 0 Å². The predicted molar refractivity (Wildman–Crippen MR) is 43.6 cm³/mol. The quantitative estimate of drug-likeness (QED) is 0.598. The van der Waals surface area contributed by atoms with Crippen LogP contribution in [0.25, 0.3) is 0 Å². The van der Waals surface area contributed by atoms with Gasteiger partial charge in [0.1, 0.15) is 0 Å². The summed E-state index contributed by atoms with van der Waals surface area (Å²) in [5.41, 5.74) is 0. The van der Waals surface area contributed by atoms with Crippen molar-refractivity contribution in [3.63, 3.8) is 0 Å². The fourth-order valence-corrected chi connectivity index (χ4v) is 1.46. The summed E-state index contributed by atoms with van der Waals surface area (Å²) in [6, 6.07) is 0. The summed E-state index contributed by atoms with van der Waals surface area (Å²) in [5, 5.41) is 0. The average molecular weight is 195 g/mol. The highest BCUT2D eigenvalue weighted by Gasteiger charge is 2.21. The van der Waals surface area contributed by atoms with Gasteiger partial charge >= 0.3 is 0 Å². The van der Waals surface area contributed by atoms with Crippen molar-refractivity contribution >= 4 is 15.9 Å². The first-order valence-corrected chi connectivity index (χ1v) is 5.35. The normalized spacial score (nSPS) is 11.2. The molecule has 5 nitrogen and oxygen atoms in total. The van der Waals surface area contributed by atoms with Crippen LogP contribution in [0.4, 0.5) is 0 Å². The van der Waals surface area contributed by atoms with Crippen LogP contribution in [0.5, 0.6) is 0 Å². The maximum atomic E-state index is 11.0. The second-order valence-corrected chi connectivity index (χ2v) is 4.11. The molecule has 0 N–H and O–H groups in total. The van der Waals surface area contributed by atoms with Crippen molar-refractivity contribution in [2.45, 2.75) is 19.8 Å². The van der Waals surface area contributed by atoms with Crippen molar-refractivity contribution in [1.29, 1.82) is 0 Å². The molecule has 0 aromatic heterocycles. The Balaban J connectivity index is 4.47. The van der Waals surface area contributed by atoms with Gasteiger partial charge < -0.3 is 0 Å². The summed E-state index contributed by atoms with van der Waals surface area (Å²) in [6.45, 7) is 1.79. The summed E-state index contributed by atoms with van der Waals surface area (Å²) in [7, 11) is -2.43. The first-order valence-electron chi connectivity index (χ1n) is 3.50. The second kappa shape index (κ2) is 4.42. The number of nitrogens with zero attached hydrogens (tertiary/aromatic N) is 1. The lowest BCUT2D eigenvalue weighted by molar-refractivity contribution is -0.151. The van der Waals surface area contributed by atoms with Crippen LogP contribution in [0.3, 0.4) is 0 Å². The van der Waals surface area contributed by atoms with Gasteiger partial charge in [0.2, 0.25) is 0 Å². The van der Waals surface area contributed by atoms with E-state index in [1.165, 1.54) is 0 Å². The fourth-order valence-electron chi connectivity index (χ4n) is 0.727. The maximum absolute atomic E-state index is 11.0. The molecule has 0 saturated carbocycles. The van der Waals surface area contributed by atoms with Crippen LogP contribution in [-0.4, -0.2) is 32.2 Å². The van der Waals surface area contributed by atoms with E-state index in [0.717, 1.165) is 13.4 Å². The molecular weight excluding hydrogens is 182 g/mol. The molecule has 0 atom stereocenters. The summed E-state index contributed by atoms with van der Waals surface area (Å²) in [6.07, 6.45) is 1.68. The Kier molecular flexibility index (Phi) is 4.19. The van der Waals surface area contributed by atoms with Gasteiger partial charge in [-0.05, 0) is 6.42 Å². The number of carbonyl (C=O) groups is 1. The molecule has 0 spiro atoms. The summed E-state index contributed by atoms with van der Waals surface area (Å²) in [4.78, 5) is 15.5. The van der Waals surface area contributed by atoms with Crippen LogP contribution in [-0.2, 0) is 19.7 Å². The van der Waals surface area contributed by atoms with Gasteiger partial charge in [-0.3, -0.25) is 9.63 Å². The minimum Gasteiger partial charge on any atom is -0.271 e. The van der Waals surface area contributed by atoms with E-state index in [1.807, 2.05) is 0 Å². The summed E-state index contributed by atoms with van der Waals surface area (Å²) >= 11 is 0. The van der Waals surface area contributed by atoms with E-state index in [9.17, 15) is 13.2 Å². The zero-order valence-corrected chi connectivity index (χ0v) is 8.22. The van der Waals surface area contributed by atoms with E-state index in [2.05, 4.69) is 4.84 Å². The predicted octanol–water partition coefficient (Wildman–Crippen LogP) is 0.136. The van der Waals surface area contributed by atoms with Crippen molar-refractivity contribution < 1.29 is 18.0 Å². The van der Waals surface area contributed by atoms with Crippen LogP contribution in [0.1, 0.15) is 19.8 Å². The fraction of sp³-hybridized carbons (Fsp3) is 0.833. The van der Waals surface area contributed by atoms with E-state index in [0.29, 0.717) is 10.9 Å². The zero-order valence-electron chi connectivity index (χ0n) is 7.40. The lowest BCUT2D eigenvalue weighted by atomic mass is 10.3. The molecule has 0 aliphatic rings. The summed E-state index contributed by atoms with van der Waals surface area (Å²) in [5.74, 6) is -0.539. The number of hydrogen-bond acceptors (Lipinski definition) is 4.